The van der Waals surface area contributed by atoms with E-state index < -0.39 is 5.82 Å². The molecule has 1 aliphatic heterocycles. The Hall–Kier alpha value is -2.80. The largest absolute Gasteiger partial charge is 0.373 e. The lowest BCUT2D eigenvalue weighted by Crippen LogP contribution is -2.22. The number of carbonyl (C=O) groups excluding carboxylic acids is 1. The zero-order chi connectivity index (χ0) is 16.5. The number of nitrogens with zero attached hydrogens (tertiary/aromatic N) is 3. The summed E-state index contributed by atoms with van der Waals surface area (Å²) in [5.41, 5.74) is 2.72. The third kappa shape index (κ3) is 2.85. The summed E-state index contributed by atoms with van der Waals surface area (Å²) >= 11 is 0. The van der Waals surface area contributed by atoms with Crippen LogP contribution in [0.1, 0.15) is 23.7 Å². The van der Waals surface area contributed by atoms with Crippen LogP contribution < -0.4 is 5.32 Å². The number of fused-ring (bicyclic) bond motifs is 2. The first-order valence-corrected chi connectivity index (χ1v) is 7.70. The molecule has 24 heavy (non-hydrogen) atoms. The van der Waals surface area contributed by atoms with Gasteiger partial charge in [-0.1, -0.05) is 24.3 Å². The van der Waals surface area contributed by atoms with Gasteiger partial charge in [-0.2, -0.15) is 4.98 Å². The summed E-state index contributed by atoms with van der Waals surface area (Å²) in [5, 5.41) is 6.69. The molecular weight excluding hydrogens is 311 g/mol. The van der Waals surface area contributed by atoms with Crippen LogP contribution >= 0.6 is 0 Å². The molecule has 0 bridgehead atoms. The van der Waals surface area contributed by atoms with E-state index in [0.29, 0.717) is 12.3 Å². The number of benzene rings is 1. The van der Waals surface area contributed by atoms with Crippen molar-refractivity contribution in [3.63, 3.8) is 0 Å². The summed E-state index contributed by atoms with van der Waals surface area (Å²) < 4.78 is 20.2. The van der Waals surface area contributed by atoms with Crippen LogP contribution in [-0.2, 0) is 16.0 Å². The highest BCUT2D eigenvalue weighted by molar-refractivity contribution is 5.89. The molecule has 0 saturated heterocycles. The van der Waals surface area contributed by atoms with Gasteiger partial charge in [0.2, 0.25) is 11.9 Å². The minimum absolute atomic E-state index is 0.148. The molecule has 0 spiro atoms. The Morgan fingerprint density at radius 2 is 2.21 bits per heavy atom. The second-order valence-corrected chi connectivity index (χ2v) is 5.65. The van der Waals surface area contributed by atoms with Gasteiger partial charge in [0.25, 0.3) is 0 Å². The molecule has 2 aromatic heterocycles. The number of rotatable bonds is 3. The van der Waals surface area contributed by atoms with Crippen LogP contribution in [0.15, 0.2) is 42.6 Å². The summed E-state index contributed by atoms with van der Waals surface area (Å²) in [7, 11) is 0. The van der Waals surface area contributed by atoms with E-state index in [4.69, 9.17) is 4.74 Å². The smallest absolute Gasteiger partial charge is 0.249 e. The summed E-state index contributed by atoms with van der Waals surface area (Å²) in [4.78, 5) is 16.4. The molecule has 0 aliphatic carbocycles. The van der Waals surface area contributed by atoms with Crippen LogP contribution in [0, 0.1) is 5.82 Å². The fourth-order valence-corrected chi connectivity index (χ4v) is 2.90. The quantitative estimate of drug-likeness (QED) is 0.803. The average Bonchev–Trinajstić information content (AvgIpc) is 2.96. The van der Waals surface area contributed by atoms with Crippen LogP contribution in [0.4, 0.5) is 10.3 Å². The van der Waals surface area contributed by atoms with Gasteiger partial charge in [-0.05, 0) is 29.7 Å². The summed E-state index contributed by atoms with van der Waals surface area (Å²) in [6.07, 6.45) is 1.97. The number of aromatic nitrogens is 3. The molecule has 7 heteroatoms. The monoisotopic (exact) mass is 326 g/mol. The second kappa shape index (κ2) is 6.01. The molecule has 3 aromatic rings. The number of carbonyl (C=O) groups is 1. The van der Waals surface area contributed by atoms with Crippen molar-refractivity contribution in [2.75, 3.05) is 11.9 Å². The van der Waals surface area contributed by atoms with Crippen LogP contribution in [0.25, 0.3) is 5.65 Å². The van der Waals surface area contributed by atoms with Gasteiger partial charge >= 0.3 is 0 Å². The number of halogens is 1. The van der Waals surface area contributed by atoms with Crippen molar-refractivity contribution < 1.29 is 13.9 Å². The van der Waals surface area contributed by atoms with Crippen LogP contribution in [0.5, 0.6) is 0 Å². The fourth-order valence-electron chi connectivity index (χ4n) is 2.90. The summed E-state index contributed by atoms with van der Waals surface area (Å²) in [6, 6.07) is 10.8. The van der Waals surface area contributed by atoms with Gasteiger partial charge in [0.1, 0.15) is 5.82 Å². The third-order valence-electron chi connectivity index (χ3n) is 4.01. The maximum atomic E-state index is 13.2. The molecule has 1 aromatic carbocycles. The number of pyridine rings is 1. The Bertz CT molecular complexity index is 908. The van der Waals surface area contributed by atoms with Crippen LogP contribution in [0.2, 0.25) is 0 Å². The van der Waals surface area contributed by atoms with Gasteiger partial charge in [-0.3, -0.25) is 10.1 Å². The second-order valence-electron chi connectivity index (χ2n) is 5.65. The third-order valence-corrected chi connectivity index (χ3v) is 4.01. The van der Waals surface area contributed by atoms with Crippen molar-refractivity contribution in [1.82, 2.24) is 14.6 Å². The zero-order valence-corrected chi connectivity index (χ0v) is 12.8. The Kier molecular flexibility index (Phi) is 3.70. The van der Waals surface area contributed by atoms with Crippen molar-refractivity contribution in [1.29, 1.82) is 0 Å². The highest BCUT2D eigenvalue weighted by Gasteiger charge is 2.23. The molecule has 1 atom stereocenters. The minimum Gasteiger partial charge on any atom is -0.373 e. The number of ether oxygens (including phenoxy) is 1. The van der Waals surface area contributed by atoms with Crippen LogP contribution in [-0.4, -0.2) is 27.1 Å². The number of amides is 1. The molecule has 3 heterocycles. The van der Waals surface area contributed by atoms with E-state index in [1.807, 2.05) is 18.2 Å². The van der Waals surface area contributed by atoms with Crippen molar-refractivity contribution in [3.05, 3.63) is 59.5 Å². The number of hydrogen-bond donors (Lipinski definition) is 1. The Morgan fingerprint density at radius 1 is 1.33 bits per heavy atom. The topological polar surface area (TPSA) is 68.5 Å². The molecule has 6 nitrogen and oxygen atoms in total. The standard InChI is InChI=1S/C17H15FN4O2/c18-12-5-6-15-19-17(21-22(15)10-12)20-16(23)9-14-13-4-2-1-3-11(13)7-8-24-14/h1-6,10,14H,7-9H2,(H,20,21,23). The fraction of sp³-hybridized carbons (Fsp3) is 0.235. The molecular formula is C17H15FN4O2. The maximum absolute atomic E-state index is 13.2. The first-order chi connectivity index (χ1) is 11.7. The van der Waals surface area contributed by atoms with Crippen LogP contribution in [0.3, 0.4) is 0 Å². The Labute approximate surface area is 137 Å². The average molecular weight is 326 g/mol. The van der Waals surface area contributed by atoms with E-state index >= 15 is 0 Å². The Balaban J connectivity index is 1.48. The van der Waals surface area contributed by atoms with E-state index in [2.05, 4.69) is 21.5 Å². The van der Waals surface area contributed by atoms with E-state index in [9.17, 15) is 9.18 Å². The molecule has 0 saturated carbocycles. The molecule has 0 radical (unpaired) electrons. The van der Waals surface area contributed by atoms with Gasteiger partial charge in [-0.15, -0.1) is 5.10 Å². The molecule has 122 valence electrons. The summed E-state index contributed by atoms with van der Waals surface area (Å²) in [5.74, 6) is -0.514. The van der Waals surface area contributed by atoms with E-state index in [0.717, 1.165) is 12.0 Å². The minimum atomic E-state index is -0.419. The van der Waals surface area contributed by atoms with Gasteiger partial charge < -0.3 is 4.74 Å². The SMILES string of the molecule is O=C(CC1OCCc2ccccc21)Nc1nc2ccc(F)cn2n1. The number of hydrogen-bond acceptors (Lipinski definition) is 4. The molecule has 1 unspecified atom stereocenters. The van der Waals surface area contributed by atoms with E-state index in [1.54, 1.807) is 0 Å². The number of anilines is 1. The first-order valence-electron chi connectivity index (χ1n) is 7.70. The van der Waals surface area contributed by atoms with E-state index in [1.165, 1.54) is 28.4 Å². The molecule has 1 aliphatic rings. The Morgan fingerprint density at radius 3 is 3.12 bits per heavy atom. The van der Waals surface area contributed by atoms with E-state index in [-0.39, 0.29) is 24.4 Å². The molecule has 1 N–H and O–H groups in total. The van der Waals surface area contributed by atoms with Gasteiger partial charge in [0.05, 0.1) is 25.3 Å². The van der Waals surface area contributed by atoms with Gasteiger partial charge in [-0.25, -0.2) is 8.91 Å². The molecule has 4 rings (SSSR count). The number of nitrogens with one attached hydrogen (secondary N) is 1. The lowest BCUT2D eigenvalue weighted by molar-refractivity contribution is -0.119. The summed E-state index contributed by atoms with van der Waals surface area (Å²) in [6.45, 7) is 0.598. The lowest BCUT2D eigenvalue weighted by atomic mass is 9.96. The van der Waals surface area contributed by atoms with Crippen molar-refractivity contribution in [2.24, 2.45) is 0 Å². The van der Waals surface area contributed by atoms with Gasteiger partial charge in [0.15, 0.2) is 5.65 Å². The van der Waals surface area contributed by atoms with Crippen molar-refractivity contribution >= 4 is 17.5 Å². The highest BCUT2D eigenvalue weighted by atomic mass is 19.1. The highest BCUT2D eigenvalue weighted by Crippen LogP contribution is 2.29. The maximum Gasteiger partial charge on any atom is 0.249 e. The normalized spacial score (nSPS) is 16.8. The van der Waals surface area contributed by atoms with Crippen molar-refractivity contribution in [3.8, 4) is 0 Å². The van der Waals surface area contributed by atoms with Gasteiger partial charge in [0, 0.05) is 0 Å². The predicted octanol–water partition coefficient (Wildman–Crippen LogP) is 2.51. The molecule has 1 amide bonds. The molecule has 0 fully saturated rings. The predicted molar refractivity (Wildman–Crippen MR) is 85.0 cm³/mol. The van der Waals surface area contributed by atoms with Crippen molar-refractivity contribution in [2.45, 2.75) is 18.9 Å². The lowest BCUT2D eigenvalue weighted by Gasteiger charge is -2.25. The zero-order valence-electron chi connectivity index (χ0n) is 12.8. The first kappa shape index (κ1) is 14.8.